The minimum absolute atomic E-state index is 0. The third kappa shape index (κ3) is 627. The predicted molar refractivity (Wildman–Crippen MR) is 63.1 cm³/mol. The Morgan fingerprint density at radius 2 is 0.731 bits per heavy atom. The Balaban J connectivity index is -0.00000000438. The van der Waals surface area contributed by atoms with Crippen molar-refractivity contribution in [2.24, 2.45) is 0 Å². The number of hydrogen-bond donors (Lipinski definition) is 5. The van der Waals surface area contributed by atoms with Gasteiger partial charge in [0.1, 0.15) is 0 Å². The Kier molecular flexibility index (Phi) is 257. The minimum atomic E-state index is -5.17. The average Bonchev–Trinajstić information content (AvgIpc) is 1.45. The van der Waals surface area contributed by atoms with Gasteiger partial charge in [-0.25, -0.2) is 0 Å². The Hall–Kier alpha value is 6.51. The summed E-state index contributed by atoms with van der Waals surface area (Å²) in [5.41, 5.74) is 0. The van der Waals surface area contributed by atoms with Crippen LogP contribution >= 0.6 is 12.4 Å². The molecule has 0 spiro atoms. The molecule has 26 heteroatoms. The van der Waals surface area contributed by atoms with Gasteiger partial charge in [-0.2, -0.15) is 8.42 Å². The smallest absolute Gasteiger partial charge is 1.00 e. The molecular formula is H12CaCl4K2N4Na2O11S2. The average molecular weight is 614 g/mol. The Bertz CT molecular complexity index is 328. The maximum absolute atomic E-state index is 8.74. The summed E-state index contributed by atoms with van der Waals surface area (Å²) in [4.78, 5) is 8.25. The third-order valence-electron chi connectivity index (χ3n) is 0. The molecule has 0 bridgehead atoms. The summed E-state index contributed by atoms with van der Waals surface area (Å²) in [5.74, 6) is 0. The van der Waals surface area contributed by atoms with Gasteiger partial charge >= 0.3 is 210 Å². The fourth-order valence-electron chi connectivity index (χ4n) is 0. The summed E-state index contributed by atoms with van der Waals surface area (Å²) in [5, 5.41) is 14.8. The van der Waals surface area contributed by atoms with Crippen LogP contribution < -0.4 is 218 Å². The van der Waals surface area contributed by atoms with Crippen LogP contribution in [0.3, 0.4) is 0 Å². The van der Waals surface area contributed by atoms with Gasteiger partial charge in [-0.05, 0) is 0 Å². The third-order valence-corrected chi connectivity index (χ3v) is 0. The normalized spacial score (nSPS) is 5.38. The fraction of sp³-hybridized carbons (Fsp3) is 0. The topological polar surface area (TPSA) is 326 Å². The monoisotopic (exact) mass is 612 g/mol. The molecule has 0 aliphatic carbocycles. The molecule has 144 valence electrons. The molecule has 0 amide bonds. The summed E-state index contributed by atoms with van der Waals surface area (Å²) in [6, 6.07) is 0. The second kappa shape index (κ2) is 63.4. The van der Waals surface area contributed by atoms with Gasteiger partial charge in [-0.3, -0.25) is 17.5 Å². The Morgan fingerprint density at radius 1 is 0.731 bits per heavy atom. The summed E-state index contributed by atoms with van der Waals surface area (Å²) in [6.45, 7) is 0. The van der Waals surface area contributed by atoms with Crippen molar-refractivity contribution >= 4 is 70.9 Å². The molecule has 26 heavy (non-hydrogen) atoms. The molecule has 11 N–H and O–H groups in total. The van der Waals surface area contributed by atoms with E-state index in [1.165, 1.54) is 0 Å². The number of halogens is 4. The van der Waals surface area contributed by atoms with Crippen LogP contribution in [0, 0.1) is 15.3 Å². The first-order valence-electron chi connectivity index (χ1n) is 1.91. The Labute approximate surface area is 335 Å². The predicted octanol–water partition coefficient (Wildman–Crippen LogP) is -22.7. The van der Waals surface area contributed by atoms with Crippen molar-refractivity contribution < 1.29 is 239 Å². The van der Waals surface area contributed by atoms with Crippen molar-refractivity contribution in [3.8, 4) is 0 Å². The first kappa shape index (κ1) is 105. The standard InChI is InChI=1S/Ca.4ClH.2K.NO3.3H3N.2Na.2H2O4S/c;;;;;;;2-1(3)4;;;;;;2*1-5(2,3)4/h;4*1H;;;;3*1H3;;;2*(H2,1,2,3,4)/q+2;;;;;2*+1;-1;;;;2*+1;;/p-5. The van der Waals surface area contributed by atoms with E-state index in [2.05, 4.69) is 0 Å². The molecule has 0 aromatic heterocycles. The molecule has 0 saturated heterocycles. The molecule has 0 aromatic rings. The maximum atomic E-state index is 8.74. The van der Waals surface area contributed by atoms with Gasteiger partial charge in [0.2, 0.25) is 0 Å². The van der Waals surface area contributed by atoms with Crippen LogP contribution in [0.5, 0.6) is 0 Å². The van der Waals surface area contributed by atoms with E-state index in [0.717, 1.165) is 0 Å². The molecule has 0 rings (SSSR count). The molecule has 15 nitrogen and oxygen atoms in total. The van der Waals surface area contributed by atoms with Crippen LogP contribution in [-0.2, 0) is 20.8 Å². The fourth-order valence-corrected chi connectivity index (χ4v) is 0. The van der Waals surface area contributed by atoms with Gasteiger partial charge in [-0.1, -0.05) is 0 Å². The molecule has 0 radical (unpaired) electrons. The minimum Gasteiger partial charge on any atom is -1.00 e. The molecule has 0 atom stereocenters. The van der Waals surface area contributed by atoms with Crippen LogP contribution in [0.25, 0.3) is 0 Å². The van der Waals surface area contributed by atoms with Crippen molar-refractivity contribution in [2.45, 2.75) is 0 Å². The van der Waals surface area contributed by atoms with Crippen molar-refractivity contribution in [3.05, 3.63) is 15.3 Å². The Morgan fingerprint density at radius 3 is 0.731 bits per heavy atom. The van der Waals surface area contributed by atoms with E-state index in [4.69, 9.17) is 50.4 Å². The summed E-state index contributed by atoms with van der Waals surface area (Å²) in [6.07, 6.45) is 0. The second-order valence-electron chi connectivity index (χ2n) is 1.08. The van der Waals surface area contributed by atoms with Crippen molar-refractivity contribution in [1.29, 1.82) is 0 Å². The van der Waals surface area contributed by atoms with Crippen molar-refractivity contribution in [3.63, 3.8) is 0 Å². The zero-order valence-electron chi connectivity index (χ0n) is 14.2. The van der Waals surface area contributed by atoms with E-state index in [0.29, 0.717) is 0 Å². The maximum Gasteiger partial charge on any atom is 2.00 e. The van der Waals surface area contributed by atoms with Crippen LogP contribution in [0.2, 0.25) is 0 Å². The van der Waals surface area contributed by atoms with E-state index in [-0.39, 0.29) is 268 Å². The van der Waals surface area contributed by atoms with E-state index >= 15 is 0 Å². The molecule has 0 aliphatic rings. The largest absolute Gasteiger partial charge is 2.00 e. The molecule has 0 fully saturated rings. The van der Waals surface area contributed by atoms with E-state index in [1.54, 1.807) is 0 Å². The number of hydrogen-bond acceptors (Lipinski definition) is 12. The first-order chi connectivity index (χ1) is 5.73. The molecule has 0 unspecified atom stereocenters. The summed E-state index contributed by atoms with van der Waals surface area (Å²) >= 11 is 0. The molecular weight excluding hydrogens is 602 g/mol. The van der Waals surface area contributed by atoms with Gasteiger partial charge in [-0.15, -0.1) is 12.4 Å². The zero-order chi connectivity index (χ0) is 12.6. The van der Waals surface area contributed by atoms with Gasteiger partial charge in [0, 0.05) is 10.4 Å². The molecule has 0 aliphatic heterocycles. The van der Waals surface area contributed by atoms with Gasteiger partial charge in [0.25, 0.3) is 0 Å². The van der Waals surface area contributed by atoms with E-state index < -0.39 is 25.9 Å². The summed E-state index contributed by atoms with van der Waals surface area (Å²) < 4.78 is 65.7. The van der Waals surface area contributed by atoms with Crippen LogP contribution in [0.15, 0.2) is 0 Å². The number of nitrogens with zero attached hydrogens (tertiary/aromatic N) is 1. The van der Waals surface area contributed by atoms with Crippen LogP contribution in [0.1, 0.15) is 0 Å². The van der Waals surface area contributed by atoms with Crippen molar-refractivity contribution in [1.82, 2.24) is 18.5 Å². The van der Waals surface area contributed by atoms with Crippen LogP contribution in [0.4, 0.5) is 0 Å². The zero-order valence-corrected chi connectivity index (χ0v) is 31.4. The van der Waals surface area contributed by atoms with Gasteiger partial charge in [0.15, 0.2) is 0 Å². The number of rotatable bonds is 0. The van der Waals surface area contributed by atoms with Crippen molar-refractivity contribution in [2.75, 3.05) is 0 Å². The SMILES string of the molecule is Cl.N.N.N.O=S(=O)(O)O.O=S(=O)([O-])[O-].O=[N+]([O-])[O-].[Ca+2].[Cl-].[Cl-].[Cl-].[K+].[K+].[Na+].[Na+]. The molecule has 0 heterocycles. The van der Waals surface area contributed by atoms with E-state index in [1.807, 2.05) is 0 Å². The van der Waals surface area contributed by atoms with Crippen LogP contribution in [-0.4, -0.2) is 77.9 Å². The quantitative estimate of drug-likeness (QED) is 0.0556. The van der Waals surface area contributed by atoms with Gasteiger partial charge < -0.3 is 80.1 Å². The second-order valence-corrected chi connectivity index (χ2v) is 2.79. The molecule has 0 saturated carbocycles. The molecule has 0 aromatic carbocycles. The summed E-state index contributed by atoms with van der Waals surface area (Å²) in [7, 11) is -9.83. The first-order valence-corrected chi connectivity index (χ1v) is 4.64. The van der Waals surface area contributed by atoms with E-state index in [9.17, 15) is 0 Å². The van der Waals surface area contributed by atoms with Gasteiger partial charge in [0.05, 0.1) is 5.09 Å².